The van der Waals surface area contributed by atoms with Gasteiger partial charge in [0.15, 0.2) is 0 Å². The Morgan fingerprint density at radius 1 is 1.75 bits per heavy atom. The molecule has 0 saturated heterocycles. The van der Waals surface area contributed by atoms with Crippen LogP contribution in [0.4, 0.5) is 0 Å². The topological polar surface area (TPSA) is 26.3 Å². The molecule has 0 N–H and O–H groups in total. The van der Waals surface area contributed by atoms with Gasteiger partial charge in [0.2, 0.25) is 0 Å². The van der Waals surface area contributed by atoms with Crippen molar-refractivity contribution in [1.29, 1.82) is 0 Å². The zero-order valence-electron chi connectivity index (χ0n) is 6.52. The molecule has 0 aliphatic rings. The van der Waals surface area contributed by atoms with Crippen LogP contribution in [0.1, 0.15) is 21.2 Å². The Bertz CT molecular complexity index is 52.2. The van der Waals surface area contributed by atoms with E-state index in [4.69, 9.17) is 0 Å². The number of hydrogen-bond donors (Lipinski definition) is 0. The van der Waals surface area contributed by atoms with Crippen molar-refractivity contribution in [3.05, 3.63) is 0 Å². The number of carbonyl (C=O) groups excluding carboxylic acids is 1. The Morgan fingerprint density at radius 2 is 2.38 bits per heavy atom. The molecule has 0 spiro atoms. The fraction of sp³-hybridized carbons (Fsp3) is 0.800. The fourth-order valence-corrected chi connectivity index (χ4v) is 0.276. The van der Waals surface area contributed by atoms with Crippen LogP contribution in [-0.2, 0) is 9.53 Å². The van der Waals surface area contributed by atoms with Crippen LogP contribution in [0.25, 0.3) is 0 Å². The normalized spacial score (nSPS) is 7.12. The van der Waals surface area contributed by atoms with Gasteiger partial charge in [0.25, 0.3) is 6.47 Å². The molecule has 0 rings (SSSR count). The quantitative estimate of drug-likeness (QED) is 0.249. The zero-order valence-corrected chi connectivity index (χ0v) is 7.52. The van der Waals surface area contributed by atoms with Crippen molar-refractivity contribution >= 4 is 6.47 Å². The summed E-state index contributed by atoms with van der Waals surface area (Å²) in [5.74, 6) is 0. The standard InChI is InChI=1S/C5H10O2.Na.H/c1-2-3-4-7-5-6;;/h5H,2-4H2,1H3;;/q;+1;-1. The Hall–Kier alpha value is 0.470. The van der Waals surface area contributed by atoms with Crippen molar-refractivity contribution in [1.82, 2.24) is 0 Å². The second-order valence-corrected chi connectivity index (χ2v) is 1.32. The molecule has 0 bridgehead atoms. The van der Waals surface area contributed by atoms with Crippen LogP contribution in [0.5, 0.6) is 0 Å². The molecule has 2 nitrogen and oxygen atoms in total. The summed E-state index contributed by atoms with van der Waals surface area (Å²) in [7, 11) is 0. The summed E-state index contributed by atoms with van der Waals surface area (Å²) in [5.41, 5.74) is 0. The third-order valence-corrected chi connectivity index (χ3v) is 0.684. The van der Waals surface area contributed by atoms with Crippen molar-refractivity contribution in [3.63, 3.8) is 0 Å². The van der Waals surface area contributed by atoms with Crippen molar-refractivity contribution < 1.29 is 40.5 Å². The van der Waals surface area contributed by atoms with Crippen molar-refractivity contribution in [2.45, 2.75) is 19.8 Å². The summed E-state index contributed by atoms with van der Waals surface area (Å²) in [6.07, 6.45) is 2.05. The van der Waals surface area contributed by atoms with E-state index in [0.29, 0.717) is 13.1 Å². The second-order valence-electron chi connectivity index (χ2n) is 1.32. The van der Waals surface area contributed by atoms with Gasteiger partial charge in [0, 0.05) is 0 Å². The van der Waals surface area contributed by atoms with E-state index in [0.717, 1.165) is 12.8 Å². The van der Waals surface area contributed by atoms with Crippen LogP contribution in [-0.4, -0.2) is 13.1 Å². The zero-order chi connectivity index (χ0) is 5.54. The summed E-state index contributed by atoms with van der Waals surface area (Å²) in [4.78, 5) is 9.46. The summed E-state index contributed by atoms with van der Waals surface area (Å²) < 4.78 is 4.39. The fourth-order valence-electron chi connectivity index (χ4n) is 0.276. The van der Waals surface area contributed by atoms with Crippen LogP contribution >= 0.6 is 0 Å². The molecule has 0 unspecified atom stereocenters. The Morgan fingerprint density at radius 3 is 2.75 bits per heavy atom. The number of hydrogen-bond acceptors (Lipinski definition) is 2. The average molecular weight is 126 g/mol. The molecule has 0 radical (unpaired) electrons. The van der Waals surface area contributed by atoms with Gasteiger partial charge in [0.1, 0.15) is 0 Å². The predicted molar refractivity (Wildman–Crippen MR) is 28.0 cm³/mol. The number of unbranched alkanes of at least 4 members (excludes halogenated alkanes) is 1. The molecular formula is C5H11NaO2. The van der Waals surface area contributed by atoms with Gasteiger partial charge < -0.3 is 6.16 Å². The SMILES string of the molecule is CCCCOC=O.[H-].[Na+]. The Kier molecular flexibility index (Phi) is 14.7. The van der Waals surface area contributed by atoms with Crippen molar-refractivity contribution in [2.24, 2.45) is 0 Å². The van der Waals surface area contributed by atoms with E-state index in [-0.39, 0.29) is 31.0 Å². The third-order valence-electron chi connectivity index (χ3n) is 0.684. The first-order valence-corrected chi connectivity index (χ1v) is 2.47. The monoisotopic (exact) mass is 126 g/mol. The molecular weight excluding hydrogens is 115 g/mol. The first-order valence-electron chi connectivity index (χ1n) is 2.47. The van der Waals surface area contributed by atoms with Crippen molar-refractivity contribution in [2.75, 3.05) is 6.61 Å². The molecule has 0 amide bonds. The number of rotatable bonds is 4. The molecule has 0 aromatic rings. The Labute approximate surface area is 73.4 Å². The minimum absolute atomic E-state index is 0. The van der Waals surface area contributed by atoms with Crippen LogP contribution in [0.3, 0.4) is 0 Å². The maximum absolute atomic E-state index is 9.46. The molecule has 0 atom stereocenters. The van der Waals surface area contributed by atoms with Gasteiger partial charge in [-0.1, -0.05) is 13.3 Å². The van der Waals surface area contributed by atoms with Crippen LogP contribution in [0.2, 0.25) is 0 Å². The summed E-state index contributed by atoms with van der Waals surface area (Å²) in [6, 6.07) is 0. The van der Waals surface area contributed by atoms with E-state index in [1.807, 2.05) is 6.92 Å². The smallest absolute Gasteiger partial charge is 1.00 e. The van der Waals surface area contributed by atoms with Crippen LogP contribution in [0.15, 0.2) is 0 Å². The van der Waals surface area contributed by atoms with Gasteiger partial charge in [-0.2, -0.15) is 0 Å². The minimum atomic E-state index is 0. The molecule has 0 aromatic carbocycles. The third kappa shape index (κ3) is 9.69. The van der Waals surface area contributed by atoms with E-state index in [2.05, 4.69) is 4.74 Å². The molecule has 0 aliphatic heterocycles. The molecule has 0 heterocycles. The first-order chi connectivity index (χ1) is 3.41. The summed E-state index contributed by atoms with van der Waals surface area (Å²) in [6.45, 7) is 3.10. The van der Waals surface area contributed by atoms with Crippen molar-refractivity contribution in [3.8, 4) is 0 Å². The molecule has 44 valence electrons. The average Bonchev–Trinajstić information content (AvgIpc) is 1.69. The van der Waals surface area contributed by atoms with E-state index in [9.17, 15) is 4.79 Å². The first kappa shape index (κ1) is 11.3. The van der Waals surface area contributed by atoms with E-state index >= 15 is 0 Å². The number of carbonyl (C=O) groups is 1. The molecule has 0 aromatic heterocycles. The number of ether oxygens (including phenoxy) is 1. The minimum Gasteiger partial charge on any atom is -1.00 e. The second kappa shape index (κ2) is 10.5. The summed E-state index contributed by atoms with van der Waals surface area (Å²) >= 11 is 0. The predicted octanol–water partition coefficient (Wildman–Crippen LogP) is -1.92. The molecule has 0 saturated carbocycles. The van der Waals surface area contributed by atoms with E-state index in [1.165, 1.54) is 0 Å². The van der Waals surface area contributed by atoms with Gasteiger partial charge in [0.05, 0.1) is 6.61 Å². The van der Waals surface area contributed by atoms with E-state index in [1.54, 1.807) is 0 Å². The Balaban J connectivity index is -0.000000180. The van der Waals surface area contributed by atoms with Crippen LogP contribution < -0.4 is 29.6 Å². The van der Waals surface area contributed by atoms with Gasteiger partial charge in [-0.15, -0.1) is 0 Å². The molecule has 8 heavy (non-hydrogen) atoms. The van der Waals surface area contributed by atoms with Gasteiger partial charge in [-0.3, -0.25) is 4.79 Å². The van der Waals surface area contributed by atoms with Gasteiger partial charge in [-0.05, 0) is 6.42 Å². The van der Waals surface area contributed by atoms with Crippen LogP contribution in [0, 0.1) is 0 Å². The van der Waals surface area contributed by atoms with Gasteiger partial charge in [-0.25, -0.2) is 0 Å². The van der Waals surface area contributed by atoms with Gasteiger partial charge >= 0.3 is 29.6 Å². The molecule has 0 fully saturated rings. The molecule has 3 heteroatoms. The maximum atomic E-state index is 9.46. The largest absolute Gasteiger partial charge is 1.00 e. The maximum Gasteiger partial charge on any atom is 1.00 e. The summed E-state index contributed by atoms with van der Waals surface area (Å²) in [5, 5.41) is 0. The van der Waals surface area contributed by atoms with E-state index < -0.39 is 0 Å². The molecule has 0 aliphatic carbocycles.